The van der Waals surface area contributed by atoms with Gasteiger partial charge in [-0.2, -0.15) is 0 Å². The molecule has 0 saturated heterocycles. The second kappa shape index (κ2) is 4.49. The molecule has 0 saturated carbocycles. The van der Waals surface area contributed by atoms with Gasteiger partial charge in [-0.15, -0.1) is 0 Å². The van der Waals surface area contributed by atoms with Crippen LogP contribution in [-0.4, -0.2) is 15.0 Å². The zero-order chi connectivity index (χ0) is 14.3. The van der Waals surface area contributed by atoms with Crippen LogP contribution in [0.25, 0.3) is 0 Å². The summed E-state index contributed by atoms with van der Waals surface area (Å²) < 4.78 is 39.8. The van der Waals surface area contributed by atoms with E-state index in [0.717, 1.165) is 5.56 Å². The maximum absolute atomic E-state index is 13.3. The molecule has 3 rings (SSSR count). The molecule has 0 radical (unpaired) electrons. The molecule has 0 atom stereocenters. The van der Waals surface area contributed by atoms with Crippen molar-refractivity contribution in [3.8, 4) is 0 Å². The monoisotopic (exact) mass is 292 g/mol. The van der Waals surface area contributed by atoms with Gasteiger partial charge in [-0.25, -0.2) is 12.8 Å². The highest BCUT2D eigenvalue weighted by atomic mass is 32.2. The van der Waals surface area contributed by atoms with Gasteiger partial charge in [0.25, 0.3) is 10.0 Å². The van der Waals surface area contributed by atoms with Crippen LogP contribution in [0.4, 0.5) is 15.8 Å². The van der Waals surface area contributed by atoms with E-state index >= 15 is 0 Å². The topological polar surface area (TPSA) is 63.4 Å². The Morgan fingerprint density at radius 1 is 1.10 bits per heavy atom. The minimum Gasteiger partial charge on any atom is -0.399 e. The van der Waals surface area contributed by atoms with Crippen molar-refractivity contribution >= 4 is 21.4 Å². The number of anilines is 2. The van der Waals surface area contributed by atoms with Gasteiger partial charge in [0.2, 0.25) is 0 Å². The highest BCUT2D eigenvalue weighted by Gasteiger charge is 2.30. The Kier molecular flexibility index (Phi) is 2.90. The van der Waals surface area contributed by atoms with Gasteiger partial charge in [-0.1, -0.05) is 6.07 Å². The molecule has 104 valence electrons. The van der Waals surface area contributed by atoms with E-state index in [0.29, 0.717) is 24.3 Å². The van der Waals surface area contributed by atoms with Crippen LogP contribution in [0.2, 0.25) is 0 Å². The molecule has 0 fully saturated rings. The minimum absolute atomic E-state index is 0.156. The molecule has 0 amide bonds. The summed E-state index contributed by atoms with van der Waals surface area (Å²) >= 11 is 0. The number of halogens is 1. The average Bonchev–Trinajstić information content (AvgIpc) is 2.82. The zero-order valence-corrected chi connectivity index (χ0v) is 11.4. The molecule has 6 heteroatoms. The SMILES string of the molecule is Nc1ccc(S(=O)(=O)N2CCc3ccc(F)cc32)cc1. The van der Waals surface area contributed by atoms with Gasteiger partial charge in [0.05, 0.1) is 10.6 Å². The second-order valence-electron chi connectivity index (χ2n) is 4.67. The van der Waals surface area contributed by atoms with Crippen LogP contribution in [0.15, 0.2) is 47.4 Å². The number of nitrogens with two attached hydrogens (primary N) is 1. The van der Waals surface area contributed by atoms with Gasteiger partial charge < -0.3 is 5.73 Å². The van der Waals surface area contributed by atoms with E-state index in [1.807, 2.05) is 0 Å². The summed E-state index contributed by atoms with van der Waals surface area (Å²) in [5, 5.41) is 0. The van der Waals surface area contributed by atoms with Crippen molar-refractivity contribution in [3.63, 3.8) is 0 Å². The Bertz CT molecular complexity index is 757. The summed E-state index contributed by atoms with van der Waals surface area (Å²) in [5.74, 6) is -0.442. The first-order valence-electron chi connectivity index (χ1n) is 6.15. The number of nitrogens with zero attached hydrogens (tertiary/aromatic N) is 1. The summed E-state index contributed by atoms with van der Waals surface area (Å²) in [6.45, 7) is 0.325. The van der Waals surface area contributed by atoms with Crippen LogP contribution in [0.5, 0.6) is 0 Å². The van der Waals surface area contributed by atoms with Gasteiger partial charge in [0.1, 0.15) is 5.82 Å². The summed E-state index contributed by atoms with van der Waals surface area (Å²) in [4.78, 5) is 0.156. The highest BCUT2D eigenvalue weighted by Crippen LogP contribution is 2.33. The first-order valence-corrected chi connectivity index (χ1v) is 7.59. The van der Waals surface area contributed by atoms with E-state index in [9.17, 15) is 12.8 Å². The number of hydrogen-bond donors (Lipinski definition) is 1. The van der Waals surface area contributed by atoms with Crippen LogP contribution in [0.3, 0.4) is 0 Å². The second-order valence-corrected chi connectivity index (χ2v) is 6.53. The van der Waals surface area contributed by atoms with E-state index in [1.165, 1.54) is 40.7 Å². The summed E-state index contributed by atoms with van der Waals surface area (Å²) in [6, 6.07) is 10.2. The lowest BCUT2D eigenvalue weighted by Gasteiger charge is -2.19. The van der Waals surface area contributed by atoms with E-state index in [2.05, 4.69) is 0 Å². The van der Waals surface area contributed by atoms with Crippen molar-refractivity contribution < 1.29 is 12.8 Å². The Morgan fingerprint density at radius 2 is 1.80 bits per heavy atom. The minimum atomic E-state index is -3.67. The Morgan fingerprint density at radius 3 is 2.50 bits per heavy atom. The fourth-order valence-corrected chi connectivity index (χ4v) is 3.83. The lowest BCUT2D eigenvalue weighted by molar-refractivity contribution is 0.592. The Labute approximate surface area is 116 Å². The molecule has 2 aromatic rings. The predicted octanol–water partition coefficient (Wildman–Crippen LogP) is 2.16. The normalized spacial score (nSPS) is 14.3. The largest absolute Gasteiger partial charge is 0.399 e. The fourth-order valence-electron chi connectivity index (χ4n) is 2.34. The molecule has 0 bridgehead atoms. The molecule has 20 heavy (non-hydrogen) atoms. The molecule has 4 nitrogen and oxygen atoms in total. The third-order valence-corrected chi connectivity index (χ3v) is 5.20. The van der Waals surface area contributed by atoms with Crippen molar-refractivity contribution in [1.29, 1.82) is 0 Å². The molecule has 1 aliphatic rings. The molecule has 1 aliphatic heterocycles. The van der Waals surface area contributed by atoms with Crippen molar-refractivity contribution in [2.45, 2.75) is 11.3 Å². The van der Waals surface area contributed by atoms with Crippen LogP contribution in [-0.2, 0) is 16.4 Å². The fraction of sp³-hybridized carbons (Fsp3) is 0.143. The summed E-state index contributed by atoms with van der Waals surface area (Å²) in [6.07, 6.45) is 0.587. The maximum atomic E-state index is 13.3. The van der Waals surface area contributed by atoms with Crippen LogP contribution >= 0.6 is 0 Å². The van der Waals surface area contributed by atoms with E-state index in [-0.39, 0.29) is 4.90 Å². The third-order valence-electron chi connectivity index (χ3n) is 3.37. The van der Waals surface area contributed by atoms with Crippen molar-refractivity contribution in [1.82, 2.24) is 0 Å². The molecule has 2 N–H and O–H groups in total. The molecule has 0 aromatic heterocycles. The molecule has 0 spiro atoms. The molecular formula is C14H13FN2O2S. The number of nitrogen functional groups attached to an aromatic ring is 1. The summed E-state index contributed by atoms with van der Waals surface area (Å²) in [7, 11) is -3.67. The molecular weight excluding hydrogens is 279 g/mol. The molecule has 0 unspecified atom stereocenters. The number of hydrogen-bond acceptors (Lipinski definition) is 3. The van der Waals surface area contributed by atoms with Crippen molar-refractivity contribution in [2.75, 3.05) is 16.6 Å². The van der Waals surface area contributed by atoms with Crippen molar-refractivity contribution in [2.24, 2.45) is 0 Å². The maximum Gasteiger partial charge on any atom is 0.264 e. The number of sulfonamides is 1. The van der Waals surface area contributed by atoms with E-state index in [1.54, 1.807) is 6.07 Å². The average molecular weight is 292 g/mol. The van der Waals surface area contributed by atoms with Gasteiger partial charge in [0.15, 0.2) is 0 Å². The van der Waals surface area contributed by atoms with E-state index in [4.69, 9.17) is 5.73 Å². The first kappa shape index (κ1) is 12.9. The number of fused-ring (bicyclic) bond motifs is 1. The Balaban J connectivity index is 2.07. The molecule has 1 heterocycles. The van der Waals surface area contributed by atoms with Crippen LogP contribution in [0, 0.1) is 5.82 Å². The van der Waals surface area contributed by atoms with Gasteiger partial charge in [-0.3, -0.25) is 4.31 Å². The number of benzene rings is 2. The van der Waals surface area contributed by atoms with Gasteiger partial charge >= 0.3 is 0 Å². The number of rotatable bonds is 2. The highest BCUT2D eigenvalue weighted by molar-refractivity contribution is 7.92. The Hall–Kier alpha value is -2.08. The zero-order valence-electron chi connectivity index (χ0n) is 10.6. The predicted molar refractivity (Wildman–Crippen MR) is 75.5 cm³/mol. The van der Waals surface area contributed by atoms with Crippen molar-refractivity contribution in [3.05, 3.63) is 53.8 Å². The van der Waals surface area contributed by atoms with Gasteiger partial charge in [-0.05, 0) is 48.4 Å². The first-order chi connectivity index (χ1) is 9.48. The lowest BCUT2D eigenvalue weighted by Crippen LogP contribution is -2.29. The van der Waals surface area contributed by atoms with Crippen LogP contribution < -0.4 is 10.0 Å². The lowest BCUT2D eigenvalue weighted by atomic mass is 10.2. The third kappa shape index (κ3) is 2.02. The van der Waals surface area contributed by atoms with Crippen LogP contribution in [0.1, 0.15) is 5.56 Å². The quantitative estimate of drug-likeness (QED) is 0.863. The molecule has 0 aliphatic carbocycles. The summed E-state index contributed by atoms with van der Waals surface area (Å²) in [5.41, 5.74) is 7.32. The van der Waals surface area contributed by atoms with Gasteiger partial charge in [0, 0.05) is 12.2 Å². The smallest absolute Gasteiger partial charge is 0.264 e. The molecule has 2 aromatic carbocycles. The standard InChI is InChI=1S/C14H13FN2O2S/c15-11-2-1-10-7-8-17(14(10)9-11)20(18,19)13-5-3-12(16)4-6-13/h1-6,9H,7-8,16H2. The van der Waals surface area contributed by atoms with E-state index < -0.39 is 15.8 Å².